The van der Waals surface area contributed by atoms with Crippen molar-refractivity contribution in [1.29, 1.82) is 0 Å². The maximum absolute atomic E-state index is 10.6. The fourth-order valence-electron chi connectivity index (χ4n) is 3.61. The van der Waals surface area contributed by atoms with Crippen LogP contribution in [0.15, 0.2) is 0 Å². The minimum atomic E-state index is 0.0199. The summed E-state index contributed by atoms with van der Waals surface area (Å²) in [5, 5.41) is 12.3. The third-order valence-corrected chi connectivity index (χ3v) is 5.02. The second-order valence-corrected chi connectivity index (χ2v) is 5.16. The second-order valence-electron chi connectivity index (χ2n) is 5.16. The van der Waals surface area contributed by atoms with Crippen LogP contribution >= 0.6 is 0 Å². The first-order valence-electron chi connectivity index (χ1n) is 6.52. The van der Waals surface area contributed by atoms with Crippen molar-refractivity contribution in [3.05, 3.63) is 0 Å². The fraction of sp³-hybridized carbons (Fsp3) is 1.00. The molecule has 0 aromatic heterocycles. The molecule has 0 spiro atoms. The second kappa shape index (κ2) is 4.42. The highest BCUT2D eigenvalue weighted by Gasteiger charge is 2.55. The minimum absolute atomic E-state index is 0.0199. The maximum atomic E-state index is 10.6. The third kappa shape index (κ3) is 1.62. The molecule has 1 atom stereocenters. The third-order valence-electron chi connectivity index (χ3n) is 5.02. The summed E-state index contributed by atoms with van der Waals surface area (Å²) in [5.41, 5.74) is 0.0530. The van der Waals surface area contributed by atoms with E-state index in [2.05, 4.69) is 34.6 Å². The van der Waals surface area contributed by atoms with Gasteiger partial charge in [-0.15, -0.1) is 0 Å². The van der Waals surface area contributed by atoms with Crippen molar-refractivity contribution in [2.75, 3.05) is 0 Å². The van der Waals surface area contributed by atoms with Gasteiger partial charge in [0.25, 0.3) is 0 Å². The highest BCUT2D eigenvalue weighted by molar-refractivity contribution is 5.06. The van der Waals surface area contributed by atoms with Crippen LogP contribution in [0.1, 0.15) is 66.7 Å². The lowest BCUT2D eigenvalue weighted by atomic mass is 9.81. The molecule has 0 aromatic carbocycles. The van der Waals surface area contributed by atoms with Gasteiger partial charge < -0.3 is 5.21 Å². The molecular formula is C13H27NO. The molecule has 1 aliphatic heterocycles. The maximum Gasteiger partial charge on any atom is 0.0487 e. The number of rotatable bonds is 4. The Balaban J connectivity index is 3.05. The van der Waals surface area contributed by atoms with Crippen molar-refractivity contribution in [2.45, 2.75) is 77.8 Å². The summed E-state index contributed by atoms with van der Waals surface area (Å²) in [4.78, 5) is 0. The van der Waals surface area contributed by atoms with Crippen LogP contribution in [0.3, 0.4) is 0 Å². The molecule has 1 fully saturated rings. The molecule has 0 aromatic rings. The molecule has 1 aliphatic rings. The van der Waals surface area contributed by atoms with Crippen molar-refractivity contribution in [2.24, 2.45) is 5.92 Å². The summed E-state index contributed by atoms with van der Waals surface area (Å²) in [7, 11) is 0. The summed E-state index contributed by atoms with van der Waals surface area (Å²) >= 11 is 0. The molecule has 0 radical (unpaired) electrons. The van der Waals surface area contributed by atoms with E-state index < -0.39 is 0 Å². The summed E-state index contributed by atoms with van der Waals surface area (Å²) in [6.07, 6.45) is 5.32. The minimum Gasteiger partial charge on any atom is -0.313 e. The molecule has 1 rings (SSSR count). The van der Waals surface area contributed by atoms with E-state index in [-0.39, 0.29) is 11.1 Å². The first-order chi connectivity index (χ1) is 7.03. The summed E-state index contributed by atoms with van der Waals surface area (Å²) in [6, 6.07) is 0. The summed E-state index contributed by atoms with van der Waals surface area (Å²) in [6.45, 7) is 11.1. The molecule has 0 aliphatic carbocycles. The first kappa shape index (κ1) is 13.0. The van der Waals surface area contributed by atoms with Gasteiger partial charge in [-0.3, -0.25) is 0 Å². The Hall–Kier alpha value is -0.0800. The van der Waals surface area contributed by atoms with Gasteiger partial charge >= 0.3 is 0 Å². The monoisotopic (exact) mass is 213 g/mol. The predicted octanol–water partition coefficient (Wildman–Crippen LogP) is 3.84. The van der Waals surface area contributed by atoms with Gasteiger partial charge in [-0.2, -0.15) is 5.06 Å². The molecule has 0 amide bonds. The molecule has 0 saturated carbocycles. The first-order valence-corrected chi connectivity index (χ1v) is 6.52. The molecule has 90 valence electrons. The Kier molecular flexibility index (Phi) is 3.83. The van der Waals surface area contributed by atoms with Gasteiger partial charge in [0, 0.05) is 11.1 Å². The van der Waals surface area contributed by atoms with Gasteiger partial charge in [-0.1, -0.05) is 34.6 Å². The zero-order valence-electron chi connectivity index (χ0n) is 11.0. The van der Waals surface area contributed by atoms with E-state index in [1.54, 1.807) is 5.06 Å². The highest BCUT2D eigenvalue weighted by Crippen LogP contribution is 2.50. The van der Waals surface area contributed by atoms with Gasteiger partial charge in [0.15, 0.2) is 0 Å². The topological polar surface area (TPSA) is 23.5 Å². The van der Waals surface area contributed by atoms with Gasteiger partial charge in [-0.05, 0) is 38.0 Å². The van der Waals surface area contributed by atoms with Gasteiger partial charge in [0.1, 0.15) is 0 Å². The van der Waals surface area contributed by atoms with Crippen molar-refractivity contribution >= 4 is 0 Å². The molecule has 15 heavy (non-hydrogen) atoms. The standard InChI is InChI=1S/C13H27NO/c1-6-12(7-2)10-11(5)13(8-3,9-4)14(12)15/h11,15H,6-10H2,1-5H3. The normalized spacial score (nSPS) is 29.6. The molecule has 1 unspecified atom stereocenters. The van der Waals surface area contributed by atoms with Gasteiger partial charge in [0.05, 0.1) is 0 Å². The molecular weight excluding hydrogens is 186 g/mol. The van der Waals surface area contributed by atoms with Gasteiger partial charge in [-0.25, -0.2) is 0 Å². The number of hydrogen-bond acceptors (Lipinski definition) is 2. The SMILES string of the molecule is CCC1(CC)CC(C)C(CC)(CC)N1O. The van der Waals surface area contributed by atoms with Crippen molar-refractivity contribution in [3.8, 4) is 0 Å². The van der Waals surface area contributed by atoms with Gasteiger partial charge in [0.2, 0.25) is 0 Å². The quantitative estimate of drug-likeness (QED) is 0.767. The predicted molar refractivity (Wildman–Crippen MR) is 64.0 cm³/mol. The zero-order valence-corrected chi connectivity index (χ0v) is 11.0. The van der Waals surface area contributed by atoms with Crippen LogP contribution in [0, 0.1) is 5.92 Å². The Morgan fingerprint density at radius 1 is 1.07 bits per heavy atom. The fourth-order valence-corrected chi connectivity index (χ4v) is 3.61. The van der Waals surface area contributed by atoms with Crippen molar-refractivity contribution in [1.82, 2.24) is 5.06 Å². The lowest BCUT2D eigenvalue weighted by Gasteiger charge is -2.42. The number of hydrogen-bond donors (Lipinski definition) is 1. The largest absolute Gasteiger partial charge is 0.313 e. The van der Waals surface area contributed by atoms with E-state index >= 15 is 0 Å². The van der Waals surface area contributed by atoms with Crippen LogP contribution in [0.2, 0.25) is 0 Å². The molecule has 2 heteroatoms. The molecule has 1 N–H and O–H groups in total. The number of nitrogens with zero attached hydrogens (tertiary/aromatic N) is 1. The van der Waals surface area contributed by atoms with Crippen LogP contribution in [0.5, 0.6) is 0 Å². The van der Waals surface area contributed by atoms with E-state index in [0.29, 0.717) is 5.92 Å². The Morgan fingerprint density at radius 3 is 1.73 bits per heavy atom. The molecule has 1 heterocycles. The molecule has 0 bridgehead atoms. The number of hydroxylamine groups is 2. The Labute approximate surface area is 94.6 Å². The van der Waals surface area contributed by atoms with Crippen LogP contribution in [-0.2, 0) is 0 Å². The lowest BCUT2D eigenvalue weighted by molar-refractivity contribution is -0.220. The Bertz CT molecular complexity index is 207. The average Bonchev–Trinajstić information content (AvgIpc) is 2.48. The zero-order chi connectivity index (χ0) is 11.7. The highest BCUT2D eigenvalue weighted by atomic mass is 16.5. The van der Waals surface area contributed by atoms with Crippen LogP contribution < -0.4 is 0 Å². The molecule has 2 nitrogen and oxygen atoms in total. The summed E-state index contributed by atoms with van der Waals surface area (Å²) in [5.74, 6) is 0.595. The van der Waals surface area contributed by atoms with Crippen LogP contribution in [-0.4, -0.2) is 21.3 Å². The molecule has 1 saturated heterocycles. The summed E-state index contributed by atoms with van der Waals surface area (Å²) < 4.78 is 0. The van der Waals surface area contributed by atoms with Crippen LogP contribution in [0.25, 0.3) is 0 Å². The van der Waals surface area contributed by atoms with E-state index in [9.17, 15) is 5.21 Å². The van der Waals surface area contributed by atoms with Crippen molar-refractivity contribution < 1.29 is 5.21 Å². The Morgan fingerprint density at radius 2 is 1.53 bits per heavy atom. The van der Waals surface area contributed by atoms with E-state index in [1.165, 1.54) is 0 Å². The smallest absolute Gasteiger partial charge is 0.0487 e. The van der Waals surface area contributed by atoms with E-state index in [1.807, 2.05) is 0 Å². The van der Waals surface area contributed by atoms with Crippen molar-refractivity contribution in [3.63, 3.8) is 0 Å². The van der Waals surface area contributed by atoms with E-state index in [4.69, 9.17) is 0 Å². The lowest BCUT2D eigenvalue weighted by Crippen LogP contribution is -2.52. The average molecular weight is 213 g/mol. The van der Waals surface area contributed by atoms with Crippen LogP contribution in [0.4, 0.5) is 0 Å². The van der Waals surface area contributed by atoms with E-state index in [0.717, 1.165) is 32.1 Å².